The van der Waals surface area contributed by atoms with Gasteiger partial charge in [0.25, 0.3) is 0 Å². The molecular weight excluding hydrogens is 397 g/mol. The largest absolute Gasteiger partial charge is 0.442 e. The fourth-order valence-electron chi connectivity index (χ4n) is 3.65. The van der Waals surface area contributed by atoms with Gasteiger partial charge in [0.15, 0.2) is 0 Å². The number of carbonyl (C=O) groups excluding carboxylic acids is 1. The van der Waals surface area contributed by atoms with Gasteiger partial charge in [0.05, 0.1) is 0 Å². The van der Waals surface area contributed by atoms with Gasteiger partial charge in [-0.05, 0) is 19.9 Å². The highest BCUT2D eigenvalue weighted by Gasteiger charge is 2.36. The zero-order valence-corrected chi connectivity index (χ0v) is 18.6. The Labute approximate surface area is 180 Å². The lowest BCUT2D eigenvalue weighted by atomic mass is 10.0. The molecule has 1 aromatic heterocycles. The molecule has 5 nitrogen and oxygen atoms in total. The Hall–Kier alpha value is -1.56. The fourth-order valence-corrected chi connectivity index (χ4v) is 3.65. The molecule has 2 aromatic rings. The molecule has 1 saturated heterocycles. The highest BCUT2D eigenvalue weighted by Crippen LogP contribution is 2.37. The third-order valence-corrected chi connectivity index (χ3v) is 4.99. The van der Waals surface area contributed by atoms with Gasteiger partial charge < -0.3 is 14.6 Å². The van der Waals surface area contributed by atoms with Crippen LogP contribution in [0.4, 0.5) is 0 Å². The molecule has 2 heterocycles. The maximum atomic E-state index is 12.8. The number of likely N-dealkylation sites (tertiary alicyclic amines) is 1. The van der Waals surface area contributed by atoms with E-state index in [4.69, 9.17) is 9.40 Å². The SMILES string of the molecule is CNCC(C)C(=O)N1CCCC1c1nc(-c2ccccc2)c(C(C)C)o1.Cl.Cl. The Balaban J connectivity index is 0.00000196. The molecule has 1 aliphatic heterocycles. The predicted molar refractivity (Wildman–Crippen MR) is 117 cm³/mol. The molecular formula is C21H31Cl2N3O2. The van der Waals surface area contributed by atoms with E-state index in [1.165, 1.54) is 0 Å². The number of aromatic nitrogens is 1. The van der Waals surface area contributed by atoms with Gasteiger partial charge in [-0.15, -0.1) is 24.8 Å². The summed E-state index contributed by atoms with van der Waals surface area (Å²) in [6.07, 6.45) is 1.90. The smallest absolute Gasteiger partial charge is 0.227 e. The molecule has 1 aromatic carbocycles. The van der Waals surface area contributed by atoms with E-state index >= 15 is 0 Å². The van der Waals surface area contributed by atoms with Crippen molar-refractivity contribution in [2.24, 2.45) is 5.92 Å². The molecule has 1 fully saturated rings. The molecule has 0 aliphatic carbocycles. The number of nitrogens with zero attached hydrogens (tertiary/aromatic N) is 2. The number of hydrogen-bond acceptors (Lipinski definition) is 4. The topological polar surface area (TPSA) is 58.4 Å². The number of halogens is 2. The molecule has 28 heavy (non-hydrogen) atoms. The zero-order chi connectivity index (χ0) is 18.7. The summed E-state index contributed by atoms with van der Waals surface area (Å²) >= 11 is 0. The van der Waals surface area contributed by atoms with E-state index < -0.39 is 0 Å². The summed E-state index contributed by atoms with van der Waals surface area (Å²) in [5, 5.41) is 3.09. The maximum absolute atomic E-state index is 12.8. The second kappa shape index (κ2) is 10.8. The van der Waals surface area contributed by atoms with Crippen molar-refractivity contribution in [2.75, 3.05) is 20.1 Å². The number of rotatable bonds is 6. The lowest BCUT2D eigenvalue weighted by molar-refractivity contribution is -0.136. The summed E-state index contributed by atoms with van der Waals surface area (Å²) in [6, 6.07) is 10.1. The second-order valence-corrected chi connectivity index (χ2v) is 7.43. The van der Waals surface area contributed by atoms with Gasteiger partial charge in [0.1, 0.15) is 17.5 Å². The van der Waals surface area contributed by atoms with Crippen LogP contribution in [0.1, 0.15) is 57.2 Å². The first-order valence-corrected chi connectivity index (χ1v) is 9.54. The highest BCUT2D eigenvalue weighted by molar-refractivity contribution is 5.85. The molecule has 7 heteroatoms. The van der Waals surface area contributed by atoms with Crippen LogP contribution in [0.15, 0.2) is 34.7 Å². The van der Waals surface area contributed by atoms with Gasteiger partial charge in [-0.25, -0.2) is 4.98 Å². The average molecular weight is 428 g/mol. The monoisotopic (exact) mass is 427 g/mol. The molecule has 1 N–H and O–H groups in total. The van der Waals surface area contributed by atoms with Gasteiger partial charge in [0.2, 0.25) is 11.8 Å². The molecule has 0 bridgehead atoms. The maximum Gasteiger partial charge on any atom is 0.227 e. The molecule has 0 spiro atoms. The third kappa shape index (κ3) is 5.07. The molecule has 3 rings (SSSR count). The van der Waals surface area contributed by atoms with Gasteiger partial charge in [-0.1, -0.05) is 51.1 Å². The minimum absolute atomic E-state index is 0. The van der Waals surface area contributed by atoms with Crippen LogP contribution in [0.25, 0.3) is 11.3 Å². The van der Waals surface area contributed by atoms with E-state index in [1.807, 2.05) is 37.1 Å². The van der Waals surface area contributed by atoms with Crippen molar-refractivity contribution in [3.05, 3.63) is 42.0 Å². The average Bonchev–Trinajstić information content (AvgIpc) is 3.29. The van der Waals surface area contributed by atoms with E-state index in [0.717, 1.165) is 36.4 Å². The van der Waals surface area contributed by atoms with E-state index in [2.05, 4.69) is 31.3 Å². The summed E-state index contributed by atoms with van der Waals surface area (Å²) in [5.74, 6) is 1.94. The first kappa shape index (κ1) is 24.5. The lowest BCUT2D eigenvalue weighted by Gasteiger charge is -2.25. The Morgan fingerprint density at radius 2 is 1.93 bits per heavy atom. The van der Waals surface area contributed by atoms with Gasteiger partial charge in [-0.2, -0.15) is 0 Å². The number of hydrogen-bond donors (Lipinski definition) is 1. The second-order valence-electron chi connectivity index (χ2n) is 7.43. The molecule has 1 aliphatic rings. The van der Waals surface area contributed by atoms with Crippen molar-refractivity contribution in [3.63, 3.8) is 0 Å². The summed E-state index contributed by atoms with van der Waals surface area (Å²) in [4.78, 5) is 19.6. The van der Waals surface area contributed by atoms with Gasteiger partial charge in [0, 0.05) is 30.5 Å². The standard InChI is InChI=1S/C21H29N3O2.2ClH/c1-14(2)19-18(16-9-6-5-7-10-16)23-20(26-19)17-11-8-12-24(17)21(25)15(3)13-22-4;;/h5-7,9-10,14-15,17,22H,8,11-13H2,1-4H3;2*1H. The summed E-state index contributed by atoms with van der Waals surface area (Å²) in [7, 11) is 1.88. The van der Waals surface area contributed by atoms with Gasteiger partial charge >= 0.3 is 0 Å². The van der Waals surface area contributed by atoms with Crippen LogP contribution >= 0.6 is 24.8 Å². The predicted octanol–water partition coefficient (Wildman–Crippen LogP) is 4.83. The van der Waals surface area contributed by atoms with Crippen LogP contribution in [-0.2, 0) is 4.79 Å². The third-order valence-electron chi connectivity index (χ3n) is 4.99. The number of benzene rings is 1. The Morgan fingerprint density at radius 3 is 2.54 bits per heavy atom. The fraction of sp³-hybridized carbons (Fsp3) is 0.524. The van der Waals surface area contributed by atoms with Crippen molar-refractivity contribution >= 4 is 30.7 Å². The molecule has 2 atom stereocenters. The lowest BCUT2D eigenvalue weighted by Crippen LogP contribution is -2.38. The minimum Gasteiger partial charge on any atom is -0.442 e. The normalized spacial score (nSPS) is 17.2. The van der Waals surface area contributed by atoms with E-state index in [9.17, 15) is 4.79 Å². The van der Waals surface area contributed by atoms with Crippen LogP contribution in [0.2, 0.25) is 0 Å². The van der Waals surface area contributed by atoms with Crippen molar-refractivity contribution in [3.8, 4) is 11.3 Å². The van der Waals surface area contributed by atoms with E-state index in [1.54, 1.807) is 0 Å². The summed E-state index contributed by atoms with van der Waals surface area (Å²) in [6.45, 7) is 7.66. The number of amides is 1. The number of nitrogens with one attached hydrogen (secondary N) is 1. The van der Waals surface area contributed by atoms with Crippen LogP contribution in [0.3, 0.4) is 0 Å². The number of oxazole rings is 1. The summed E-state index contributed by atoms with van der Waals surface area (Å²) in [5.41, 5.74) is 1.96. The van der Waals surface area contributed by atoms with Crippen LogP contribution in [0, 0.1) is 5.92 Å². The van der Waals surface area contributed by atoms with Crippen LogP contribution in [0.5, 0.6) is 0 Å². The van der Waals surface area contributed by atoms with E-state index in [-0.39, 0.29) is 48.6 Å². The quantitative estimate of drug-likeness (QED) is 0.716. The molecule has 2 unspecified atom stereocenters. The first-order chi connectivity index (χ1) is 12.5. The number of carbonyl (C=O) groups is 1. The van der Waals surface area contributed by atoms with Crippen molar-refractivity contribution < 1.29 is 9.21 Å². The van der Waals surface area contributed by atoms with Crippen molar-refractivity contribution in [1.29, 1.82) is 0 Å². The van der Waals surface area contributed by atoms with Crippen molar-refractivity contribution in [1.82, 2.24) is 15.2 Å². The van der Waals surface area contributed by atoms with Gasteiger partial charge in [-0.3, -0.25) is 4.79 Å². The Bertz CT molecular complexity index is 749. The highest BCUT2D eigenvalue weighted by atomic mass is 35.5. The zero-order valence-electron chi connectivity index (χ0n) is 17.0. The van der Waals surface area contributed by atoms with Crippen LogP contribution < -0.4 is 5.32 Å². The van der Waals surface area contributed by atoms with E-state index in [0.29, 0.717) is 12.4 Å². The Kier molecular flexibility index (Phi) is 9.48. The first-order valence-electron chi connectivity index (χ1n) is 9.54. The van der Waals surface area contributed by atoms with Crippen molar-refractivity contribution in [2.45, 2.75) is 45.6 Å². The van der Waals surface area contributed by atoms with Crippen LogP contribution in [-0.4, -0.2) is 35.9 Å². The molecule has 156 valence electrons. The molecule has 0 saturated carbocycles. The molecule has 1 amide bonds. The minimum atomic E-state index is -0.0585. The summed E-state index contributed by atoms with van der Waals surface area (Å²) < 4.78 is 6.21. The Morgan fingerprint density at radius 1 is 1.25 bits per heavy atom. The molecule has 0 radical (unpaired) electrons.